The minimum atomic E-state index is -3.70. The minimum Gasteiger partial charge on any atom is -0.468 e. The van der Waals surface area contributed by atoms with Gasteiger partial charge in [0.25, 0.3) is 0 Å². The molecule has 3 N–H and O–H groups in total. The molecule has 0 unspecified atom stereocenters. The molecule has 2 heterocycles. The summed E-state index contributed by atoms with van der Waals surface area (Å²) in [5, 5.41) is 0. The number of nitrogens with one attached hydrogen (secondary N) is 3. The molecule has 7 nitrogen and oxygen atoms in total. The van der Waals surface area contributed by atoms with E-state index in [4.69, 9.17) is 4.42 Å². The summed E-state index contributed by atoms with van der Waals surface area (Å²) in [5.74, 6) is 0.521. The Hall–Kier alpha value is -2.32. The molecule has 0 radical (unpaired) electrons. The summed E-state index contributed by atoms with van der Waals surface area (Å²) < 4.78 is 32.2. The number of sulfonamides is 1. The summed E-state index contributed by atoms with van der Waals surface area (Å²) in [6, 6.07) is 6.43. The summed E-state index contributed by atoms with van der Waals surface area (Å²) in [5.41, 5.74) is 1.19. The molecule has 0 saturated heterocycles. The summed E-state index contributed by atoms with van der Waals surface area (Å²) >= 11 is 0. The Morgan fingerprint density at radius 1 is 1.24 bits per heavy atom. The van der Waals surface area contributed by atoms with Crippen molar-refractivity contribution in [1.82, 2.24) is 14.7 Å². The number of hydrogen-bond acceptors (Lipinski definition) is 4. The van der Waals surface area contributed by atoms with Crippen molar-refractivity contribution in [3.63, 3.8) is 0 Å². The Bertz CT molecular complexity index is 936. The minimum absolute atomic E-state index is 0.0659. The Balaban J connectivity index is 1.97. The smallest absolute Gasteiger partial charge is 0.323 e. The normalized spacial score (nSPS) is 12.0. The van der Waals surface area contributed by atoms with Crippen molar-refractivity contribution in [2.75, 3.05) is 0 Å². The topological polar surface area (TPSA) is 108 Å². The quantitative estimate of drug-likeness (QED) is 0.673. The third-order valence-electron chi connectivity index (χ3n) is 3.12. The highest BCUT2D eigenvalue weighted by Gasteiger charge is 2.18. The fourth-order valence-electron chi connectivity index (χ4n) is 2.12. The maximum absolute atomic E-state index is 12.3. The molecule has 0 saturated carbocycles. The van der Waals surface area contributed by atoms with Gasteiger partial charge in [-0.1, -0.05) is 0 Å². The number of imidazole rings is 1. The van der Waals surface area contributed by atoms with E-state index >= 15 is 0 Å². The third kappa shape index (κ3) is 2.63. The highest BCUT2D eigenvalue weighted by Crippen LogP contribution is 2.20. The number of aromatic nitrogens is 2. The molecule has 2 aromatic heterocycles. The molecular formula is C13H13N3O4S. The van der Waals surface area contributed by atoms with Gasteiger partial charge in [0, 0.05) is 0 Å². The zero-order chi connectivity index (χ0) is 15.0. The van der Waals surface area contributed by atoms with Crippen molar-refractivity contribution in [3.8, 4) is 0 Å². The molecule has 0 bridgehead atoms. The number of benzene rings is 1. The monoisotopic (exact) mass is 307 g/mol. The fraction of sp³-hybridized carbons (Fsp3) is 0.154. The van der Waals surface area contributed by atoms with Crippen LogP contribution in [-0.2, 0) is 16.6 Å². The highest BCUT2D eigenvalue weighted by molar-refractivity contribution is 7.89. The van der Waals surface area contributed by atoms with Crippen LogP contribution < -0.4 is 10.4 Å². The van der Waals surface area contributed by atoms with Crippen LogP contribution in [0.4, 0.5) is 0 Å². The number of fused-ring (bicyclic) bond motifs is 1. The van der Waals surface area contributed by atoms with Crippen LogP contribution in [0.25, 0.3) is 11.0 Å². The summed E-state index contributed by atoms with van der Waals surface area (Å²) in [4.78, 5) is 16.5. The second-order valence-corrected chi connectivity index (χ2v) is 6.38. The van der Waals surface area contributed by atoms with Crippen LogP contribution in [0.2, 0.25) is 0 Å². The van der Waals surface area contributed by atoms with Gasteiger partial charge in [0.2, 0.25) is 10.0 Å². The number of hydrogen-bond donors (Lipinski definition) is 3. The van der Waals surface area contributed by atoms with Gasteiger partial charge in [0.1, 0.15) is 5.76 Å². The molecule has 1 aromatic carbocycles. The lowest BCUT2D eigenvalue weighted by Crippen LogP contribution is -2.23. The van der Waals surface area contributed by atoms with Crippen molar-refractivity contribution in [2.45, 2.75) is 18.4 Å². The van der Waals surface area contributed by atoms with Gasteiger partial charge < -0.3 is 14.4 Å². The van der Waals surface area contributed by atoms with E-state index < -0.39 is 10.0 Å². The molecule has 0 amide bonds. The Labute approximate surface area is 120 Å². The second kappa shape index (κ2) is 4.90. The Kier molecular flexibility index (Phi) is 3.19. The first-order chi connectivity index (χ1) is 9.95. The van der Waals surface area contributed by atoms with Crippen LogP contribution >= 0.6 is 0 Å². The number of H-pyrrole nitrogens is 2. The summed E-state index contributed by atoms with van der Waals surface area (Å²) in [7, 11) is -3.70. The molecule has 3 rings (SSSR count). The molecular weight excluding hydrogens is 294 g/mol. The van der Waals surface area contributed by atoms with E-state index in [2.05, 4.69) is 14.7 Å². The van der Waals surface area contributed by atoms with Crippen LogP contribution in [0, 0.1) is 6.92 Å². The van der Waals surface area contributed by atoms with Gasteiger partial charge in [0.15, 0.2) is 0 Å². The number of aromatic amines is 2. The maximum Gasteiger partial charge on any atom is 0.323 e. The first-order valence-electron chi connectivity index (χ1n) is 6.20. The SMILES string of the molecule is Cc1cc2[nH]c(=O)[nH]c2cc1S(=O)(=O)NCc1ccco1. The van der Waals surface area contributed by atoms with E-state index in [1.807, 2.05) is 0 Å². The van der Waals surface area contributed by atoms with Crippen molar-refractivity contribution >= 4 is 21.1 Å². The van der Waals surface area contributed by atoms with Crippen LogP contribution in [0.5, 0.6) is 0 Å². The lowest BCUT2D eigenvalue weighted by Gasteiger charge is -2.08. The molecule has 0 spiro atoms. The van der Waals surface area contributed by atoms with Gasteiger partial charge in [-0.05, 0) is 36.8 Å². The van der Waals surface area contributed by atoms with E-state index in [1.54, 1.807) is 25.1 Å². The standard InChI is InChI=1S/C13H13N3O4S/c1-8-5-10-11(16-13(17)15-10)6-12(8)21(18,19)14-7-9-3-2-4-20-9/h2-6,14H,7H2,1H3,(H2,15,16,17). The molecule has 110 valence electrons. The average Bonchev–Trinajstić information content (AvgIpc) is 3.03. The molecule has 0 aliphatic rings. The number of rotatable bonds is 4. The molecule has 0 aliphatic heterocycles. The predicted molar refractivity (Wildman–Crippen MR) is 76.4 cm³/mol. The zero-order valence-corrected chi connectivity index (χ0v) is 12.0. The third-order valence-corrected chi connectivity index (χ3v) is 4.66. The average molecular weight is 307 g/mol. The predicted octanol–water partition coefficient (Wildman–Crippen LogP) is 1.24. The zero-order valence-electron chi connectivity index (χ0n) is 11.1. The highest BCUT2D eigenvalue weighted by atomic mass is 32.2. The molecule has 3 aromatic rings. The molecule has 8 heteroatoms. The van der Waals surface area contributed by atoms with Gasteiger partial charge in [-0.25, -0.2) is 17.9 Å². The van der Waals surface area contributed by atoms with Crippen molar-refractivity contribution < 1.29 is 12.8 Å². The second-order valence-electron chi connectivity index (χ2n) is 4.65. The van der Waals surface area contributed by atoms with E-state index in [1.165, 1.54) is 12.3 Å². The largest absolute Gasteiger partial charge is 0.468 e. The Morgan fingerprint density at radius 2 is 1.95 bits per heavy atom. The molecule has 0 fully saturated rings. The first kappa shape index (κ1) is 13.7. The number of aryl methyl sites for hydroxylation is 1. The summed E-state index contributed by atoms with van der Waals surface area (Å²) in [6.07, 6.45) is 1.48. The van der Waals surface area contributed by atoms with E-state index in [-0.39, 0.29) is 17.1 Å². The van der Waals surface area contributed by atoms with Crippen molar-refractivity contribution in [1.29, 1.82) is 0 Å². The van der Waals surface area contributed by atoms with E-state index in [9.17, 15) is 13.2 Å². The molecule has 0 aliphatic carbocycles. The fourth-order valence-corrected chi connectivity index (χ4v) is 3.36. The van der Waals surface area contributed by atoms with Crippen LogP contribution in [0.1, 0.15) is 11.3 Å². The van der Waals surface area contributed by atoms with Crippen molar-refractivity contribution in [3.05, 3.63) is 52.3 Å². The molecule has 0 atom stereocenters. The van der Waals surface area contributed by atoms with Gasteiger partial charge in [-0.3, -0.25) is 0 Å². The Morgan fingerprint density at radius 3 is 2.62 bits per heavy atom. The molecule has 21 heavy (non-hydrogen) atoms. The van der Waals surface area contributed by atoms with Gasteiger partial charge in [0.05, 0.1) is 28.7 Å². The van der Waals surface area contributed by atoms with Gasteiger partial charge in [-0.2, -0.15) is 0 Å². The maximum atomic E-state index is 12.3. The van der Waals surface area contributed by atoms with Crippen LogP contribution in [-0.4, -0.2) is 18.4 Å². The lowest BCUT2D eigenvalue weighted by molar-refractivity contribution is 0.498. The van der Waals surface area contributed by atoms with E-state index in [0.29, 0.717) is 22.4 Å². The summed E-state index contributed by atoms with van der Waals surface area (Å²) in [6.45, 7) is 1.74. The first-order valence-corrected chi connectivity index (χ1v) is 7.69. The number of furan rings is 1. The van der Waals surface area contributed by atoms with Gasteiger partial charge >= 0.3 is 5.69 Å². The van der Waals surface area contributed by atoms with E-state index in [0.717, 1.165) is 0 Å². The van der Waals surface area contributed by atoms with Crippen LogP contribution in [0.3, 0.4) is 0 Å². The van der Waals surface area contributed by atoms with Gasteiger partial charge in [-0.15, -0.1) is 0 Å². The lowest BCUT2D eigenvalue weighted by atomic mass is 10.2. The van der Waals surface area contributed by atoms with Crippen LogP contribution in [0.15, 0.2) is 44.6 Å². The van der Waals surface area contributed by atoms with Crippen molar-refractivity contribution in [2.24, 2.45) is 0 Å².